The van der Waals surface area contributed by atoms with E-state index >= 15 is 0 Å². The highest BCUT2D eigenvalue weighted by Gasteiger charge is 2.27. The first kappa shape index (κ1) is 18.6. The molecule has 24 heavy (non-hydrogen) atoms. The molecule has 2 amide bonds. The summed E-state index contributed by atoms with van der Waals surface area (Å²) in [5, 5.41) is 2.86. The maximum absolute atomic E-state index is 13.7. The minimum absolute atomic E-state index is 0.0633. The van der Waals surface area contributed by atoms with Gasteiger partial charge in [0.25, 0.3) is 5.91 Å². The van der Waals surface area contributed by atoms with Crippen LogP contribution in [0.25, 0.3) is 0 Å². The van der Waals surface area contributed by atoms with E-state index in [2.05, 4.69) is 5.32 Å². The van der Waals surface area contributed by atoms with Crippen molar-refractivity contribution in [2.45, 2.75) is 31.7 Å². The van der Waals surface area contributed by atoms with Crippen molar-refractivity contribution in [2.24, 2.45) is 0 Å². The van der Waals surface area contributed by atoms with Gasteiger partial charge in [-0.2, -0.15) is 0 Å². The molecule has 132 valence electrons. The largest absolute Gasteiger partial charge is 0.353 e. The van der Waals surface area contributed by atoms with E-state index in [9.17, 15) is 22.8 Å². The first-order valence-electron chi connectivity index (χ1n) is 7.72. The number of nitrogens with zero attached hydrogens (tertiary/aromatic N) is 1. The molecule has 1 N–H and O–H groups in total. The number of halogens is 4. The Kier molecular flexibility index (Phi) is 6.48. The molecule has 0 unspecified atom stereocenters. The first-order valence-corrected chi connectivity index (χ1v) is 8.25. The van der Waals surface area contributed by atoms with Gasteiger partial charge in [0, 0.05) is 31.4 Å². The Morgan fingerprint density at radius 2 is 1.83 bits per heavy atom. The van der Waals surface area contributed by atoms with Crippen LogP contribution in [0.4, 0.5) is 13.2 Å². The number of carbonyl (C=O) groups is 2. The third-order valence-corrected chi connectivity index (χ3v) is 4.22. The van der Waals surface area contributed by atoms with E-state index in [0.29, 0.717) is 44.7 Å². The van der Waals surface area contributed by atoms with Gasteiger partial charge in [-0.05, 0) is 31.4 Å². The average molecular weight is 363 g/mol. The maximum Gasteiger partial charge on any atom is 0.256 e. The topological polar surface area (TPSA) is 49.4 Å². The van der Waals surface area contributed by atoms with Crippen LogP contribution >= 0.6 is 11.6 Å². The van der Waals surface area contributed by atoms with Crippen molar-refractivity contribution in [3.8, 4) is 0 Å². The highest BCUT2D eigenvalue weighted by Crippen LogP contribution is 2.19. The summed E-state index contributed by atoms with van der Waals surface area (Å²) in [4.78, 5) is 25.3. The number of likely N-dealkylation sites (tertiary alicyclic amines) is 1. The molecule has 1 aliphatic rings. The van der Waals surface area contributed by atoms with Gasteiger partial charge in [0.15, 0.2) is 17.5 Å². The zero-order valence-corrected chi connectivity index (χ0v) is 13.7. The lowest BCUT2D eigenvalue weighted by molar-refractivity contribution is -0.122. The summed E-state index contributed by atoms with van der Waals surface area (Å²) in [6.07, 6.45) is 1.98. The number of piperidine rings is 1. The van der Waals surface area contributed by atoms with Gasteiger partial charge >= 0.3 is 0 Å². The Balaban J connectivity index is 1.91. The monoisotopic (exact) mass is 362 g/mol. The molecule has 0 bridgehead atoms. The van der Waals surface area contributed by atoms with E-state index in [-0.39, 0.29) is 11.9 Å². The fourth-order valence-corrected chi connectivity index (χ4v) is 2.75. The standard InChI is InChI=1S/C16H18ClF3N2O2/c17-7-1-2-13(23)21-10-5-8-22(9-6-10)16(24)11-3-4-12(18)15(20)14(11)19/h3-4,10H,1-2,5-9H2,(H,21,23). The molecule has 0 atom stereocenters. The summed E-state index contributed by atoms with van der Waals surface area (Å²) in [5.74, 6) is -4.81. The van der Waals surface area contributed by atoms with Crippen LogP contribution in [-0.2, 0) is 4.79 Å². The minimum Gasteiger partial charge on any atom is -0.353 e. The number of rotatable bonds is 5. The van der Waals surface area contributed by atoms with Gasteiger partial charge in [-0.1, -0.05) is 0 Å². The number of hydrogen-bond donors (Lipinski definition) is 1. The first-order chi connectivity index (χ1) is 11.4. The molecule has 1 saturated heterocycles. The van der Waals surface area contributed by atoms with Crippen molar-refractivity contribution >= 4 is 23.4 Å². The Morgan fingerprint density at radius 1 is 1.17 bits per heavy atom. The number of hydrogen-bond acceptors (Lipinski definition) is 2. The van der Waals surface area contributed by atoms with Crippen LogP contribution in [-0.4, -0.2) is 41.7 Å². The molecular formula is C16H18ClF3N2O2. The molecule has 1 aliphatic heterocycles. The van der Waals surface area contributed by atoms with Gasteiger partial charge in [0.05, 0.1) is 5.56 Å². The van der Waals surface area contributed by atoms with Crippen LogP contribution in [0.15, 0.2) is 12.1 Å². The van der Waals surface area contributed by atoms with Crippen LogP contribution in [0.1, 0.15) is 36.0 Å². The van der Waals surface area contributed by atoms with Crippen molar-refractivity contribution in [2.75, 3.05) is 19.0 Å². The van der Waals surface area contributed by atoms with Gasteiger partial charge in [-0.15, -0.1) is 11.6 Å². The summed E-state index contributed by atoms with van der Waals surface area (Å²) in [7, 11) is 0. The number of benzene rings is 1. The fraction of sp³-hybridized carbons (Fsp3) is 0.500. The fourth-order valence-electron chi connectivity index (χ4n) is 2.62. The highest BCUT2D eigenvalue weighted by molar-refractivity contribution is 6.17. The van der Waals surface area contributed by atoms with Crippen LogP contribution in [0, 0.1) is 17.5 Å². The zero-order valence-electron chi connectivity index (χ0n) is 13.0. The van der Waals surface area contributed by atoms with Crippen LogP contribution in [0.3, 0.4) is 0 Å². The van der Waals surface area contributed by atoms with E-state index < -0.39 is 28.9 Å². The molecule has 0 spiro atoms. The maximum atomic E-state index is 13.7. The van der Waals surface area contributed by atoms with Gasteiger partial charge < -0.3 is 10.2 Å². The van der Waals surface area contributed by atoms with E-state index in [0.717, 1.165) is 12.1 Å². The Labute approximate surface area is 143 Å². The SMILES string of the molecule is O=C(CCCCl)NC1CCN(C(=O)c2ccc(F)c(F)c2F)CC1. The minimum atomic E-state index is -1.65. The summed E-state index contributed by atoms with van der Waals surface area (Å²) < 4.78 is 39.9. The second-order valence-electron chi connectivity index (χ2n) is 5.65. The normalized spacial score (nSPS) is 15.4. The predicted molar refractivity (Wildman–Crippen MR) is 83.3 cm³/mol. The molecular weight excluding hydrogens is 345 g/mol. The quantitative estimate of drug-likeness (QED) is 0.647. The van der Waals surface area contributed by atoms with Crippen LogP contribution < -0.4 is 5.32 Å². The van der Waals surface area contributed by atoms with Crippen molar-refractivity contribution in [1.82, 2.24) is 10.2 Å². The number of carbonyl (C=O) groups excluding carboxylic acids is 2. The van der Waals surface area contributed by atoms with Crippen LogP contribution in [0.5, 0.6) is 0 Å². The summed E-state index contributed by atoms with van der Waals surface area (Å²) in [6, 6.07) is 1.61. The van der Waals surface area contributed by atoms with Crippen molar-refractivity contribution in [3.05, 3.63) is 35.1 Å². The lowest BCUT2D eigenvalue weighted by Crippen LogP contribution is -2.46. The van der Waals surface area contributed by atoms with Crippen molar-refractivity contribution in [3.63, 3.8) is 0 Å². The second kappa shape index (κ2) is 8.37. The number of alkyl halides is 1. The molecule has 4 nitrogen and oxygen atoms in total. The molecule has 0 aromatic heterocycles. The lowest BCUT2D eigenvalue weighted by Gasteiger charge is -2.32. The molecule has 0 aliphatic carbocycles. The average Bonchev–Trinajstić information content (AvgIpc) is 2.58. The van der Waals surface area contributed by atoms with Gasteiger partial charge in [-0.3, -0.25) is 9.59 Å². The molecule has 1 fully saturated rings. The molecule has 1 aromatic carbocycles. The molecule has 2 rings (SSSR count). The molecule has 0 saturated carbocycles. The molecule has 0 radical (unpaired) electrons. The summed E-state index contributed by atoms with van der Waals surface area (Å²) >= 11 is 5.53. The lowest BCUT2D eigenvalue weighted by atomic mass is 10.0. The third-order valence-electron chi connectivity index (χ3n) is 3.95. The number of amides is 2. The van der Waals surface area contributed by atoms with E-state index in [1.165, 1.54) is 4.90 Å². The van der Waals surface area contributed by atoms with Gasteiger partial charge in [0.1, 0.15) is 0 Å². The van der Waals surface area contributed by atoms with E-state index in [1.807, 2.05) is 0 Å². The van der Waals surface area contributed by atoms with Gasteiger partial charge in [0.2, 0.25) is 5.91 Å². The Hall–Kier alpha value is -1.76. The summed E-state index contributed by atoms with van der Waals surface area (Å²) in [5.41, 5.74) is -0.488. The van der Waals surface area contributed by atoms with Gasteiger partial charge in [-0.25, -0.2) is 13.2 Å². The van der Waals surface area contributed by atoms with E-state index in [1.54, 1.807) is 0 Å². The molecule has 1 aromatic rings. The van der Waals surface area contributed by atoms with Crippen LogP contribution in [0.2, 0.25) is 0 Å². The number of nitrogens with one attached hydrogen (secondary N) is 1. The summed E-state index contributed by atoms with van der Waals surface area (Å²) in [6.45, 7) is 0.607. The Bertz CT molecular complexity index is 620. The van der Waals surface area contributed by atoms with Crippen molar-refractivity contribution < 1.29 is 22.8 Å². The second-order valence-corrected chi connectivity index (χ2v) is 6.03. The molecule has 8 heteroatoms. The highest BCUT2D eigenvalue weighted by atomic mass is 35.5. The van der Waals surface area contributed by atoms with Crippen molar-refractivity contribution in [1.29, 1.82) is 0 Å². The predicted octanol–water partition coefficient (Wildman–Crippen LogP) is 2.84. The third kappa shape index (κ3) is 4.41. The Morgan fingerprint density at radius 3 is 2.46 bits per heavy atom. The van der Waals surface area contributed by atoms with E-state index in [4.69, 9.17) is 11.6 Å². The zero-order chi connectivity index (χ0) is 17.7. The molecule has 1 heterocycles. The smallest absolute Gasteiger partial charge is 0.256 e.